The van der Waals surface area contributed by atoms with Gasteiger partial charge in [-0.15, -0.1) is 5.10 Å². The van der Waals surface area contributed by atoms with Crippen molar-refractivity contribution in [3.8, 4) is 46.2 Å². The molecule has 32 heavy (non-hydrogen) atoms. The van der Waals surface area contributed by atoms with Crippen LogP contribution in [-0.2, 0) is 0 Å². The van der Waals surface area contributed by atoms with E-state index >= 15 is 0 Å². The average Bonchev–Trinajstić information content (AvgIpc) is 3.45. The van der Waals surface area contributed by atoms with Crippen LogP contribution in [0.5, 0.6) is 28.9 Å². The van der Waals surface area contributed by atoms with Crippen molar-refractivity contribution < 1.29 is 23.7 Å². The van der Waals surface area contributed by atoms with E-state index in [4.69, 9.17) is 29.4 Å². The topological polar surface area (TPSA) is 125 Å². The molecule has 3 heterocycles. The minimum atomic E-state index is -0.510. The molecule has 2 aliphatic heterocycles. The Morgan fingerprint density at radius 1 is 1.19 bits per heavy atom. The van der Waals surface area contributed by atoms with E-state index in [1.807, 2.05) is 43.3 Å². The summed E-state index contributed by atoms with van der Waals surface area (Å²) in [5.41, 5.74) is 9.35. The molecule has 1 aromatic heterocycles. The summed E-state index contributed by atoms with van der Waals surface area (Å²) in [5, 5.41) is 17.2. The summed E-state index contributed by atoms with van der Waals surface area (Å²) in [6.07, 6.45) is 0. The molecule has 0 aliphatic carbocycles. The molecular formula is C23H20N4O5. The van der Waals surface area contributed by atoms with Gasteiger partial charge in [0.05, 0.1) is 30.9 Å². The van der Waals surface area contributed by atoms with Gasteiger partial charge in [-0.05, 0) is 42.8 Å². The molecule has 0 fully saturated rings. The third kappa shape index (κ3) is 3.04. The molecule has 3 aromatic rings. The Morgan fingerprint density at radius 3 is 2.81 bits per heavy atom. The third-order valence-electron chi connectivity index (χ3n) is 5.42. The van der Waals surface area contributed by atoms with Crippen molar-refractivity contribution >= 4 is 0 Å². The molecule has 3 N–H and O–H groups in total. The Hall–Kier alpha value is -4.32. The van der Waals surface area contributed by atoms with Gasteiger partial charge in [0.15, 0.2) is 23.0 Å². The van der Waals surface area contributed by atoms with Gasteiger partial charge >= 0.3 is 0 Å². The van der Waals surface area contributed by atoms with Gasteiger partial charge in [-0.3, -0.25) is 5.10 Å². The molecule has 9 heteroatoms. The van der Waals surface area contributed by atoms with Gasteiger partial charge in [0.2, 0.25) is 18.6 Å². The molecule has 2 aromatic carbocycles. The van der Waals surface area contributed by atoms with Gasteiger partial charge in [-0.2, -0.15) is 5.26 Å². The van der Waals surface area contributed by atoms with Crippen molar-refractivity contribution in [3.63, 3.8) is 0 Å². The van der Waals surface area contributed by atoms with Crippen molar-refractivity contribution in [1.82, 2.24) is 10.2 Å². The standard InChI is InChI=1S/C23H20N4O5/c1-3-29-15-7-5-13(9-17(15)28-2)21-20-19(12-4-6-16-18(8-12)31-11-30-16)14(10-24)22(25)32-23(20)27-26-21/h4-9,19H,3,11,25H2,1-2H3,(H,26,27). The van der Waals surface area contributed by atoms with Crippen molar-refractivity contribution in [3.05, 3.63) is 59.0 Å². The second kappa shape index (κ2) is 7.74. The fourth-order valence-corrected chi connectivity index (χ4v) is 3.99. The Bertz CT molecular complexity index is 1270. The highest BCUT2D eigenvalue weighted by molar-refractivity contribution is 5.73. The van der Waals surface area contributed by atoms with E-state index in [1.54, 1.807) is 7.11 Å². The molecule has 0 bridgehead atoms. The molecule has 9 nitrogen and oxygen atoms in total. The Labute approximate surface area is 183 Å². The Kier molecular flexibility index (Phi) is 4.75. The minimum absolute atomic E-state index is 0.0185. The van der Waals surface area contributed by atoms with Crippen LogP contribution in [0.25, 0.3) is 11.3 Å². The normalized spacial score (nSPS) is 16.2. The number of nitrogens with zero attached hydrogens (tertiary/aromatic N) is 2. The number of ether oxygens (including phenoxy) is 5. The second-order valence-electron chi connectivity index (χ2n) is 7.15. The Morgan fingerprint density at radius 2 is 2.03 bits per heavy atom. The lowest BCUT2D eigenvalue weighted by Gasteiger charge is -2.24. The summed E-state index contributed by atoms with van der Waals surface area (Å²) in [5.74, 6) is 2.30. The number of hydrogen-bond acceptors (Lipinski definition) is 8. The van der Waals surface area contributed by atoms with Gasteiger partial charge < -0.3 is 29.4 Å². The van der Waals surface area contributed by atoms with E-state index in [1.165, 1.54) is 0 Å². The summed E-state index contributed by atoms with van der Waals surface area (Å²) in [6.45, 7) is 2.58. The lowest BCUT2D eigenvalue weighted by atomic mass is 9.83. The van der Waals surface area contributed by atoms with E-state index in [-0.39, 0.29) is 18.2 Å². The van der Waals surface area contributed by atoms with Crippen LogP contribution in [0, 0.1) is 11.3 Å². The zero-order chi connectivity index (χ0) is 22.2. The van der Waals surface area contributed by atoms with Gasteiger partial charge in [-0.25, -0.2) is 0 Å². The lowest BCUT2D eigenvalue weighted by Crippen LogP contribution is -2.21. The highest BCUT2D eigenvalue weighted by Crippen LogP contribution is 2.48. The SMILES string of the molecule is CCOc1ccc(-c2[nH]nc3c2C(c2ccc4c(c2)OCO4)C(C#N)=C(N)O3)cc1OC. The minimum Gasteiger partial charge on any atom is -0.493 e. The van der Waals surface area contributed by atoms with E-state index in [2.05, 4.69) is 16.3 Å². The fourth-order valence-electron chi connectivity index (χ4n) is 3.99. The Balaban J connectivity index is 1.67. The summed E-state index contributed by atoms with van der Waals surface area (Å²) in [4.78, 5) is 0. The molecule has 0 spiro atoms. The maximum atomic E-state index is 9.90. The van der Waals surface area contributed by atoms with E-state index in [9.17, 15) is 5.26 Å². The summed E-state index contributed by atoms with van der Waals surface area (Å²) >= 11 is 0. The number of aromatic nitrogens is 2. The van der Waals surface area contributed by atoms with Crippen molar-refractivity contribution in [1.29, 1.82) is 5.26 Å². The predicted octanol–water partition coefficient (Wildman–Crippen LogP) is 3.43. The number of nitrogens with one attached hydrogen (secondary N) is 1. The van der Waals surface area contributed by atoms with Crippen LogP contribution in [0.4, 0.5) is 0 Å². The summed E-state index contributed by atoms with van der Waals surface area (Å²) < 4.78 is 27.8. The molecule has 1 unspecified atom stereocenters. The molecule has 2 aliphatic rings. The largest absolute Gasteiger partial charge is 0.493 e. The zero-order valence-electron chi connectivity index (χ0n) is 17.5. The number of rotatable bonds is 5. The average molecular weight is 432 g/mol. The van der Waals surface area contributed by atoms with Crippen LogP contribution in [0.15, 0.2) is 47.9 Å². The van der Waals surface area contributed by atoms with Crippen LogP contribution < -0.4 is 29.4 Å². The molecule has 0 radical (unpaired) electrons. The zero-order valence-corrected chi connectivity index (χ0v) is 17.5. The molecule has 5 rings (SSSR count). The number of hydrogen-bond donors (Lipinski definition) is 2. The highest BCUT2D eigenvalue weighted by Gasteiger charge is 2.36. The van der Waals surface area contributed by atoms with Gasteiger partial charge in [0, 0.05) is 5.56 Å². The first-order chi connectivity index (χ1) is 15.6. The van der Waals surface area contributed by atoms with Crippen LogP contribution in [0.1, 0.15) is 24.0 Å². The van der Waals surface area contributed by atoms with Gasteiger partial charge in [0.1, 0.15) is 11.6 Å². The first-order valence-corrected chi connectivity index (χ1v) is 10.0. The number of fused-ring (bicyclic) bond motifs is 2. The van der Waals surface area contributed by atoms with Crippen LogP contribution in [0.3, 0.4) is 0 Å². The number of benzene rings is 2. The number of H-pyrrole nitrogens is 1. The summed E-state index contributed by atoms with van der Waals surface area (Å²) in [7, 11) is 1.58. The molecule has 1 atom stereocenters. The van der Waals surface area contributed by atoms with Crippen LogP contribution in [0.2, 0.25) is 0 Å². The van der Waals surface area contributed by atoms with Crippen LogP contribution in [-0.4, -0.2) is 30.7 Å². The highest BCUT2D eigenvalue weighted by atomic mass is 16.7. The fraction of sp³-hybridized carbons (Fsp3) is 0.217. The quantitative estimate of drug-likeness (QED) is 0.628. The van der Waals surface area contributed by atoms with E-state index in [0.717, 1.165) is 11.1 Å². The monoisotopic (exact) mass is 432 g/mol. The maximum absolute atomic E-state index is 9.90. The summed E-state index contributed by atoms with van der Waals surface area (Å²) in [6, 6.07) is 13.3. The first kappa shape index (κ1) is 19.6. The molecule has 0 saturated heterocycles. The number of aromatic amines is 1. The molecular weight excluding hydrogens is 412 g/mol. The van der Waals surface area contributed by atoms with Crippen molar-refractivity contribution in [2.24, 2.45) is 5.73 Å². The molecule has 0 amide bonds. The smallest absolute Gasteiger partial charge is 0.244 e. The van der Waals surface area contributed by atoms with Crippen LogP contribution >= 0.6 is 0 Å². The van der Waals surface area contributed by atoms with Crippen molar-refractivity contribution in [2.45, 2.75) is 12.8 Å². The predicted molar refractivity (Wildman–Crippen MR) is 114 cm³/mol. The number of allylic oxidation sites excluding steroid dienone is 1. The number of nitriles is 1. The second-order valence-corrected chi connectivity index (χ2v) is 7.15. The lowest BCUT2D eigenvalue weighted by molar-refractivity contribution is 0.174. The van der Waals surface area contributed by atoms with Gasteiger partial charge in [0.25, 0.3) is 0 Å². The molecule has 0 saturated carbocycles. The van der Waals surface area contributed by atoms with E-state index < -0.39 is 5.92 Å². The third-order valence-corrected chi connectivity index (χ3v) is 5.42. The number of methoxy groups -OCH3 is 1. The van der Waals surface area contributed by atoms with Crippen molar-refractivity contribution in [2.75, 3.05) is 20.5 Å². The van der Waals surface area contributed by atoms with Gasteiger partial charge in [-0.1, -0.05) is 6.07 Å². The number of nitrogens with two attached hydrogens (primary N) is 1. The van der Waals surface area contributed by atoms with E-state index in [0.29, 0.717) is 46.7 Å². The first-order valence-electron chi connectivity index (χ1n) is 10.0. The maximum Gasteiger partial charge on any atom is 0.244 e. The molecule has 162 valence electrons.